The Labute approximate surface area is 113 Å². The molecule has 0 spiro atoms. The molecule has 0 aromatic heterocycles. The number of halogens is 1. The number of hydrogen-bond donors (Lipinski definition) is 2. The van der Waals surface area contributed by atoms with Gasteiger partial charge in [-0.25, -0.2) is 0 Å². The van der Waals surface area contributed by atoms with E-state index in [1.165, 1.54) is 18.2 Å². The standard InChI is InChI=1S/C11H10ClN3O4/c12-6-1-2-9(15(18)19)8(3-6)11(17)14-7-4-10(16)13-5-7/h1-3,7H,4-5H2,(H,13,16)(H,14,17). The van der Waals surface area contributed by atoms with Gasteiger partial charge in [0.15, 0.2) is 0 Å². The SMILES string of the molecule is O=C1CC(NC(=O)c2cc(Cl)ccc2[N+](=O)[O-])CN1. The van der Waals surface area contributed by atoms with Gasteiger partial charge in [0, 0.05) is 24.1 Å². The Bertz CT molecular complexity index is 561. The summed E-state index contributed by atoms with van der Waals surface area (Å²) in [6.45, 7) is 0.318. The lowest BCUT2D eigenvalue weighted by Crippen LogP contribution is -2.36. The van der Waals surface area contributed by atoms with E-state index in [1.807, 2.05) is 0 Å². The Hall–Kier alpha value is -2.15. The van der Waals surface area contributed by atoms with Gasteiger partial charge in [-0.3, -0.25) is 19.7 Å². The molecule has 1 saturated heterocycles. The molecule has 8 heteroatoms. The molecule has 1 unspecified atom stereocenters. The maximum atomic E-state index is 12.0. The van der Waals surface area contributed by atoms with Gasteiger partial charge in [0.2, 0.25) is 5.91 Å². The van der Waals surface area contributed by atoms with Gasteiger partial charge in [-0.05, 0) is 12.1 Å². The molecule has 0 radical (unpaired) electrons. The molecular weight excluding hydrogens is 274 g/mol. The highest BCUT2D eigenvalue weighted by molar-refractivity contribution is 6.31. The minimum absolute atomic E-state index is 0.114. The first-order chi connectivity index (χ1) is 8.97. The van der Waals surface area contributed by atoms with Gasteiger partial charge < -0.3 is 10.6 Å². The van der Waals surface area contributed by atoms with Gasteiger partial charge in [0.25, 0.3) is 11.6 Å². The first-order valence-corrected chi connectivity index (χ1v) is 5.86. The summed E-state index contributed by atoms with van der Waals surface area (Å²) >= 11 is 5.74. The number of carbonyl (C=O) groups is 2. The number of nitrogens with one attached hydrogen (secondary N) is 2. The molecule has 1 heterocycles. The lowest BCUT2D eigenvalue weighted by Gasteiger charge is -2.10. The Balaban J connectivity index is 2.20. The molecule has 2 rings (SSSR count). The lowest BCUT2D eigenvalue weighted by atomic mass is 10.1. The summed E-state index contributed by atoms with van der Waals surface area (Å²) in [5.41, 5.74) is -0.434. The fourth-order valence-electron chi connectivity index (χ4n) is 1.82. The fraction of sp³-hybridized carbons (Fsp3) is 0.273. The Morgan fingerprint density at radius 2 is 2.26 bits per heavy atom. The van der Waals surface area contributed by atoms with Crippen LogP contribution < -0.4 is 10.6 Å². The molecule has 100 valence electrons. The van der Waals surface area contributed by atoms with E-state index in [0.29, 0.717) is 6.54 Å². The maximum Gasteiger partial charge on any atom is 0.282 e. The predicted molar refractivity (Wildman–Crippen MR) is 67.0 cm³/mol. The highest BCUT2D eigenvalue weighted by atomic mass is 35.5. The van der Waals surface area contributed by atoms with Crippen molar-refractivity contribution in [2.45, 2.75) is 12.5 Å². The van der Waals surface area contributed by atoms with Gasteiger partial charge >= 0.3 is 0 Å². The number of amides is 2. The van der Waals surface area contributed by atoms with Crippen LogP contribution in [0.4, 0.5) is 5.69 Å². The molecule has 2 amide bonds. The minimum Gasteiger partial charge on any atom is -0.354 e. The zero-order chi connectivity index (χ0) is 14.0. The average Bonchev–Trinajstić information content (AvgIpc) is 2.74. The molecule has 1 aromatic rings. The Kier molecular flexibility index (Phi) is 3.66. The van der Waals surface area contributed by atoms with Crippen LogP contribution in [0.1, 0.15) is 16.8 Å². The zero-order valence-corrected chi connectivity index (χ0v) is 10.4. The average molecular weight is 284 g/mol. The molecule has 0 saturated carbocycles. The van der Waals surface area contributed by atoms with Crippen molar-refractivity contribution < 1.29 is 14.5 Å². The molecular formula is C11H10ClN3O4. The van der Waals surface area contributed by atoms with Crippen LogP contribution in [0.25, 0.3) is 0 Å². The topological polar surface area (TPSA) is 101 Å². The Morgan fingerprint density at radius 3 is 2.84 bits per heavy atom. The molecule has 7 nitrogen and oxygen atoms in total. The van der Waals surface area contributed by atoms with Crippen LogP contribution in [-0.4, -0.2) is 29.3 Å². The number of nitrogens with zero attached hydrogens (tertiary/aromatic N) is 1. The van der Waals surface area contributed by atoms with Crippen LogP contribution in [0.2, 0.25) is 5.02 Å². The summed E-state index contributed by atoms with van der Waals surface area (Å²) in [5.74, 6) is -0.776. The van der Waals surface area contributed by atoms with E-state index in [-0.39, 0.29) is 34.6 Å². The van der Waals surface area contributed by atoms with Crippen LogP contribution in [0, 0.1) is 10.1 Å². The summed E-state index contributed by atoms with van der Waals surface area (Å²) < 4.78 is 0. The van der Waals surface area contributed by atoms with E-state index in [9.17, 15) is 19.7 Å². The summed E-state index contributed by atoms with van der Waals surface area (Å²) in [4.78, 5) is 33.2. The number of nitro groups is 1. The maximum absolute atomic E-state index is 12.0. The smallest absolute Gasteiger partial charge is 0.282 e. The van der Waals surface area contributed by atoms with Crippen molar-refractivity contribution in [3.8, 4) is 0 Å². The van der Waals surface area contributed by atoms with Gasteiger partial charge in [0.1, 0.15) is 5.56 Å². The van der Waals surface area contributed by atoms with Crippen LogP contribution >= 0.6 is 11.6 Å². The monoisotopic (exact) mass is 283 g/mol. The van der Waals surface area contributed by atoms with E-state index in [0.717, 1.165) is 0 Å². The first-order valence-electron chi connectivity index (χ1n) is 5.49. The third-order valence-electron chi connectivity index (χ3n) is 2.71. The molecule has 2 N–H and O–H groups in total. The number of carbonyl (C=O) groups excluding carboxylic acids is 2. The fourth-order valence-corrected chi connectivity index (χ4v) is 1.99. The van der Waals surface area contributed by atoms with Gasteiger partial charge in [0.05, 0.1) is 11.0 Å². The third kappa shape index (κ3) is 3.00. The van der Waals surface area contributed by atoms with Crippen LogP contribution in [0.15, 0.2) is 18.2 Å². The molecule has 1 aliphatic rings. The molecule has 1 fully saturated rings. The van der Waals surface area contributed by atoms with Crippen LogP contribution in [-0.2, 0) is 4.79 Å². The van der Waals surface area contributed by atoms with E-state index in [1.54, 1.807) is 0 Å². The molecule has 0 bridgehead atoms. The number of nitro benzene ring substituents is 1. The predicted octanol–water partition coefficient (Wildman–Crippen LogP) is 0.866. The van der Waals surface area contributed by atoms with Crippen molar-refractivity contribution in [2.24, 2.45) is 0 Å². The first kappa shape index (κ1) is 13.3. The lowest BCUT2D eigenvalue weighted by molar-refractivity contribution is -0.385. The quantitative estimate of drug-likeness (QED) is 0.634. The Morgan fingerprint density at radius 1 is 1.53 bits per heavy atom. The minimum atomic E-state index is -0.650. The van der Waals surface area contributed by atoms with Crippen molar-refractivity contribution in [3.05, 3.63) is 38.9 Å². The summed E-state index contributed by atoms with van der Waals surface area (Å²) in [6, 6.07) is 3.39. The summed E-state index contributed by atoms with van der Waals surface area (Å²) in [7, 11) is 0. The largest absolute Gasteiger partial charge is 0.354 e. The van der Waals surface area contributed by atoms with E-state index in [4.69, 9.17) is 11.6 Å². The molecule has 1 aromatic carbocycles. The van der Waals surface area contributed by atoms with Gasteiger partial charge in [-0.15, -0.1) is 0 Å². The highest BCUT2D eigenvalue weighted by Gasteiger charge is 2.26. The second kappa shape index (κ2) is 5.23. The number of rotatable bonds is 3. The zero-order valence-electron chi connectivity index (χ0n) is 9.68. The normalized spacial score (nSPS) is 17.9. The molecule has 19 heavy (non-hydrogen) atoms. The second-order valence-corrected chi connectivity index (χ2v) is 4.53. The van der Waals surface area contributed by atoms with E-state index in [2.05, 4.69) is 10.6 Å². The molecule has 1 atom stereocenters. The molecule has 1 aliphatic heterocycles. The number of hydrogen-bond acceptors (Lipinski definition) is 4. The van der Waals surface area contributed by atoms with Gasteiger partial charge in [-0.2, -0.15) is 0 Å². The third-order valence-corrected chi connectivity index (χ3v) is 2.95. The summed E-state index contributed by atoms with van der Waals surface area (Å²) in [6.07, 6.45) is 0.167. The van der Waals surface area contributed by atoms with Crippen molar-refractivity contribution in [3.63, 3.8) is 0 Å². The van der Waals surface area contributed by atoms with Crippen molar-refractivity contribution in [2.75, 3.05) is 6.54 Å². The van der Waals surface area contributed by atoms with Crippen molar-refractivity contribution >= 4 is 29.1 Å². The molecule has 0 aliphatic carbocycles. The van der Waals surface area contributed by atoms with Crippen LogP contribution in [0.3, 0.4) is 0 Å². The van der Waals surface area contributed by atoms with Crippen molar-refractivity contribution in [1.82, 2.24) is 10.6 Å². The van der Waals surface area contributed by atoms with E-state index < -0.39 is 10.8 Å². The number of benzene rings is 1. The van der Waals surface area contributed by atoms with E-state index >= 15 is 0 Å². The van der Waals surface area contributed by atoms with Crippen molar-refractivity contribution in [1.29, 1.82) is 0 Å². The van der Waals surface area contributed by atoms with Crippen LogP contribution in [0.5, 0.6) is 0 Å². The second-order valence-electron chi connectivity index (χ2n) is 4.10. The highest BCUT2D eigenvalue weighted by Crippen LogP contribution is 2.22. The van der Waals surface area contributed by atoms with Gasteiger partial charge in [-0.1, -0.05) is 11.6 Å². The summed E-state index contributed by atoms with van der Waals surface area (Å²) in [5, 5.41) is 16.2.